The molecule has 0 aliphatic heterocycles. The van der Waals surface area contributed by atoms with Crippen LogP contribution in [0.5, 0.6) is 0 Å². The summed E-state index contributed by atoms with van der Waals surface area (Å²) < 4.78 is 0. The van der Waals surface area contributed by atoms with E-state index in [0.29, 0.717) is 11.5 Å². The predicted octanol–water partition coefficient (Wildman–Crippen LogP) is 1.93. The van der Waals surface area contributed by atoms with Gasteiger partial charge in [-0.2, -0.15) is 0 Å². The first kappa shape index (κ1) is 13.5. The van der Waals surface area contributed by atoms with Gasteiger partial charge in [0.2, 0.25) is 5.91 Å². The summed E-state index contributed by atoms with van der Waals surface area (Å²) in [5, 5.41) is 6.13. The van der Waals surface area contributed by atoms with E-state index in [0.717, 1.165) is 5.92 Å². The molecule has 0 bridgehead atoms. The lowest BCUT2D eigenvalue weighted by molar-refractivity contribution is -0.122. The van der Waals surface area contributed by atoms with Crippen LogP contribution in [0.1, 0.15) is 47.0 Å². The topological polar surface area (TPSA) is 41.1 Å². The number of rotatable bonds is 3. The van der Waals surface area contributed by atoms with E-state index >= 15 is 0 Å². The minimum atomic E-state index is -0.0869. The van der Waals surface area contributed by atoms with Gasteiger partial charge in [0.25, 0.3) is 0 Å². The molecule has 16 heavy (non-hydrogen) atoms. The lowest BCUT2D eigenvalue weighted by atomic mass is 9.70. The Labute approximate surface area is 99.4 Å². The molecule has 0 aromatic heterocycles. The lowest BCUT2D eigenvalue weighted by Gasteiger charge is -2.40. The molecule has 3 heteroatoms. The van der Waals surface area contributed by atoms with Crippen LogP contribution >= 0.6 is 0 Å². The van der Waals surface area contributed by atoms with E-state index < -0.39 is 0 Å². The largest absolute Gasteiger partial charge is 0.358 e. The van der Waals surface area contributed by atoms with Crippen LogP contribution in [0, 0.1) is 11.3 Å². The van der Waals surface area contributed by atoms with Crippen molar-refractivity contribution in [1.29, 1.82) is 0 Å². The van der Waals surface area contributed by atoms with Crippen molar-refractivity contribution in [2.24, 2.45) is 11.3 Å². The Morgan fingerprint density at radius 1 is 1.38 bits per heavy atom. The third kappa shape index (κ3) is 3.78. The summed E-state index contributed by atoms with van der Waals surface area (Å²) in [7, 11) is 1.69. The Morgan fingerprint density at radius 3 is 2.50 bits per heavy atom. The summed E-state index contributed by atoms with van der Waals surface area (Å²) >= 11 is 0. The standard InChI is InChI=1S/C13H26N2O/c1-9-6-11(8-13(3,4)7-9)15-10(2)12(16)14-5/h9-11,15H,6-8H2,1-5H3,(H,14,16). The number of hydrogen-bond acceptors (Lipinski definition) is 2. The highest BCUT2D eigenvalue weighted by molar-refractivity contribution is 5.80. The summed E-state index contributed by atoms with van der Waals surface area (Å²) in [5.74, 6) is 0.828. The summed E-state index contributed by atoms with van der Waals surface area (Å²) in [6.07, 6.45) is 3.64. The Kier molecular flexibility index (Phi) is 4.36. The molecule has 1 fully saturated rings. The third-order valence-corrected chi connectivity index (χ3v) is 3.51. The van der Waals surface area contributed by atoms with Gasteiger partial charge in [0.1, 0.15) is 0 Å². The van der Waals surface area contributed by atoms with E-state index in [9.17, 15) is 4.79 Å². The van der Waals surface area contributed by atoms with Gasteiger partial charge in [-0.1, -0.05) is 20.8 Å². The molecule has 0 spiro atoms. The van der Waals surface area contributed by atoms with Crippen LogP contribution in [-0.2, 0) is 4.79 Å². The third-order valence-electron chi connectivity index (χ3n) is 3.51. The SMILES string of the molecule is CNC(=O)C(C)NC1CC(C)CC(C)(C)C1. The maximum Gasteiger partial charge on any atom is 0.236 e. The number of carbonyl (C=O) groups excluding carboxylic acids is 1. The highest BCUT2D eigenvalue weighted by atomic mass is 16.2. The summed E-state index contributed by atoms with van der Waals surface area (Å²) in [6, 6.07) is 0.391. The molecule has 3 nitrogen and oxygen atoms in total. The second kappa shape index (κ2) is 5.17. The van der Waals surface area contributed by atoms with E-state index in [1.165, 1.54) is 19.3 Å². The molecule has 1 aliphatic carbocycles. The molecule has 0 saturated heterocycles. The van der Waals surface area contributed by atoms with Crippen molar-refractivity contribution in [3.05, 3.63) is 0 Å². The van der Waals surface area contributed by atoms with Crippen LogP contribution < -0.4 is 10.6 Å². The summed E-state index contributed by atoms with van der Waals surface area (Å²) in [5.41, 5.74) is 0.401. The lowest BCUT2D eigenvalue weighted by Crippen LogP contribution is -2.49. The Hall–Kier alpha value is -0.570. The quantitative estimate of drug-likeness (QED) is 0.772. The van der Waals surface area contributed by atoms with E-state index in [1.54, 1.807) is 7.05 Å². The van der Waals surface area contributed by atoms with Gasteiger partial charge in [-0.15, -0.1) is 0 Å². The van der Waals surface area contributed by atoms with E-state index in [-0.39, 0.29) is 11.9 Å². The highest BCUT2D eigenvalue weighted by Gasteiger charge is 2.32. The van der Waals surface area contributed by atoms with Crippen LogP contribution in [0.4, 0.5) is 0 Å². The minimum absolute atomic E-state index is 0.0797. The fourth-order valence-electron chi connectivity index (χ4n) is 3.12. The van der Waals surface area contributed by atoms with E-state index in [4.69, 9.17) is 0 Å². The average Bonchev–Trinajstić information content (AvgIpc) is 2.12. The van der Waals surface area contributed by atoms with Crippen molar-refractivity contribution in [2.45, 2.75) is 59.0 Å². The Balaban J connectivity index is 2.51. The molecule has 3 unspecified atom stereocenters. The average molecular weight is 226 g/mol. The zero-order valence-electron chi connectivity index (χ0n) is 11.3. The van der Waals surface area contributed by atoms with Gasteiger partial charge in [-0.25, -0.2) is 0 Å². The van der Waals surface area contributed by atoms with Crippen molar-refractivity contribution in [3.8, 4) is 0 Å². The highest BCUT2D eigenvalue weighted by Crippen LogP contribution is 2.38. The molecular formula is C13H26N2O. The molecular weight excluding hydrogens is 200 g/mol. The number of likely N-dealkylation sites (N-methyl/N-ethyl adjacent to an activating group) is 1. The van der Waals surface area contributed by atoms with Gasteiger partial charge in [0.15, 0.2) is 0 Å². The zero-order chi connectivity index (χ0) is 12.3. The molecule has 1 rings (SSSR count). The molecule has 0 aromatic carbocycles. The van der Waals surface area contributed by atoms with Gasteiger partial charge < -0.3 is 10.6 Å². The van der Waals surface area contributed by atoms with Crippen LogP contribution in [0.3, 0.4) is 0 Å². The summed E-state index contributed by atoms with van der Waals surface area (Å²) in [6.45, 7) is 8.88. The normalized spacial score (nSPS) is 30.8. The second-order valence-corrected chi connectivity index (χ2v) is 6.11. The van der Waals surface area contributed by atoms with Crippen LogP contribution in [0.15, 0.2) is 0 Å². The molecule has 2 N–H and O–H groups in total. The van der Waals surface area contributed by atoms with Crippen LogP contribution in [0.2, 0.25) is 0 Å². The number of amides is 1. The fraction of sp³-hybridized carbons (Fsp3) is 0.923. The number of hydrogen-bond donors (Lipinski definition) is 2. The monoisotopic (exact) mass is 226 g/mol. The molecule has 94 valence electrons. The van der Waals surface area contributed by atoms with Gasteiger partial charge in [-0.05, 0) is 37.5 Å². The van der Waals surface area contributed by atoms with Crippen molar-refractivity contribution in [3.63, 3.8) is 0 Å². The van der Waals surface area contributed by atoms with Crippen LogP contribution in [-0.4, -0.2) is 25.0 Å². The molecule has 3 atom stereocenters. The Morgan fingerprint density at radius 2 is 2.00 bits per heavy atom. The zero-order valence-corrected chi connectivity index (χ0v) is 11.3. The minimum Gasteiger partial charge on any atom is -0.358 e. The van der Waals surface area contributed by atoms with Crippen LogP contribution in [0.25, 0.3) is 0 Å². The number of carbonyl (C=O) groups is 1. The predicted molar refractivity (Wildman–Crippen MR) is 67.2 cm³/mol. The number of nitrogens with one attached hydrogen (secondary N) is 2. The van der Waals surface area contributed by atoms with Gasteiger partial charge in [0, 0.05) is 13.1 Å². The van der Waals surface area contributed by atoms with Gasteiger partial charge >= 0.3 is 0 Å². The smallest absolute Gasteiger partial charge is 0.236 e. The van der Waals surface area contributed by atoms with Crippen molar-refractivity contribution < 1.29 is 4.79 Å². The fourth-order valence-corrected chi connectivity index (χ4v) is 3.12. The maximum atomic E-state index is 11.5. The van der Waals surface area contributed by atoms with Crippen molar-refractivity contribution >= 4 is 5.91 Å². The first-order valence-corrected chi connectivity index (χ1v) is 6.31. The molecule has 0 heterocycles. The second-order valence-electron chi connectivity index (χ2n) is 6.11. The first-order chi connectivity index (χ1) is 7.34. The summed E-state index contributed by atoms with van der Waals surface area (Å²) in [4.78, 5) is 11.5. The Bertz CT molecular complexity index is 250. The van der Waals surface area contributed by atoms with Gasteiger partial charge in [-0.3, -0.25) is 4.79 Å². The maximum absolute atomic E-state index is 11.5. The first-order valence-electron chi connectivity index (χ1n) is 6.31. The van der Waals surface area contributed by atoms with Crippen molar-refractivity contribution in [1.82, 2.24) is 10.6 Å². The van der Waals surface area contributed by atoms with E-state index in [2.05, 4.69) is 31.4 Å². The van der Waals surface area contributed by atoms with E-state index in [1.807, 2.05) is 6.92 Å². The molecule has 1 saturated carbocycles. The van der Waals surface area contributed by atoms with Crippen molar-refractivity contribution in [2.75, 3.05) is 7.05 Å². The molecule has 0 radical (unpaired) electrons. The molecule has 0 aromatic rings. The molecule has 1 amide bonds. The molecule has 1 aliphatic rings. The van der Waals surface area contributed by atoms with Gasteiger partial charge in [0.05, 0.1) is 6.04 Å².